The predicted molar refractivity (Wildman–Crippen MR) is 42.5 cm³/mol. The van der Waals surface area contributed by atoms with Crippen molar-refractivity contribution in [2.24, 2.45) is 0 Å². The van der Waals surface area contributed by atoms with Gasteiger partial charge in [-0.15, -0.1) is 10.2 Å². The van der Waals surface area contributed by atoms with E-state index in [2.05, 4.69) is 15.2 Å². The summed E-state index contributed by atoms with van der Waals surface area (Å²) >= 11 is 0. The van der Waals surface area contributed by atoms with E-state index in [-0.39, 0.29) is 5.89 Å². The van der Waals surface area contributed by atoms with Crippen molar-refractivity contribution in [3.8, 4) is 11.5 Å². The fourth-order valence-corrected chi connectivity index (χ4v) is 0.929. The van der Waals surface area contributed by atoms with Crippen LogP contribution in [-0.4, -0.2) is 15.2 Å². The van der Waals surface area contributed by atoms with E-state index in [4.69, 9.17) is 4.42 Å². The van der Waals surface area contributed by atoms with Crippen LogP contribution >= 0.6 is 0 Å². The molecule has 0 aliphatic heterocycles. The molecule has 0 radical (unpaired) electrons. The number of pyridine rings is 1. The van der Waals surface area contributed by atoms with Gasteiger partial charge in [0.25, 0.3) is 5.89 Å². The van der Waals surface area contributed by atoms with E-state index >= 15 is 0 Å². The molecule has 0 aromatic carbocycles. The van der Waals surface area contributed by atoms with Gasteiger partial charge in [0.1, 0.15) is 0 Å². The predicted octanol–water partition coefficient (Wildman–Crippen LogP) is 2.07. The van der Waals surface area contributed by atoms with Crippen LogP contribution < -0.4 is 0 Å². The SMILES string of the molecule is FC(F)c1nnc(-c2cccnc2)o1. The third-order valence-corrected chi connectivity index (χ3v) is 1.54. The highest BCUT2D eigenvalue weighted by Gasteiger charge is 2.16. The molecule has 2 rings (SSSR count). The first kappa shape index (κ1) is 8.74. The molecule has 0 unspecified atom stereocenters. The number of halogens is 2. The Morgan fingerprint density at radius 3 is 2.71 bits per heavy atom. The molecule has 0 saturated carbocycles. The quantitative estimate of drug-likeness (QED) is 0.739. The van der Waals surface area contributed by atoms with E-state index < -0.39 is 12.3 Å². The Labute approximate surface area is 77.6 Å². The van der Waals surface area contributed by atoms with Gasteiger partial charge in [-0.1, -0.05) is 0 Å². The van der Waals surface area contributed by atoms with E-state index in [1.54, 1.807) is 18.3 Å². The van der Waals surface area contributed by atoms with Crippen LogP contribution in [0.4, 0.5) is 8.78 Å². The molecule has 0 fully saturated rings. The van der Waals surface area contributed by atoms with Crippen LogP contribution in [0.3, 0.4) is 0 Å². The number of hydrogen-bond acceptors (Lipinski definition) is 4. The summed E-state index contributed by atoms with van der Waals surface area (Å²) in [6, 6.07) is 3.30. The summed E-state index contributed by atoms with van der Waals surface area (Å²) in [6.45, 7) is 0. The summed E-state index contributed by atoms with van der Waals surface area (Å²) in [5.41, 5.74) is 0.520. The van der Waals surface area contributed by atoms with Gasteiger partial charge in [0.2, 0.25) is 5.89 Å². The summed E-state index contributed by atoms with van der Waals surface area (Å²) in [7, 11) is 0. The highest BCUT2D eigenvalue weighted by atomic mass is 19.3. The van der Waals surface area contributed by atoms with Crippen LogP contribution in [0.15, 0.2) is 28.9 Å². The largest absolute Gasteiger partial charge is 0.415 e. The first-order valence-corrected chi connectivity index (χ1v) is 3.79. The average Bonchev–Trinajstić information content (AvgIpc) is 2.68. The minimum atomic E-state index is -2.74. The standard InChI is InChI=1S/C8H5F2N3O/c9-6(10)8-13-12-7(14-8)5-2-1-3-11-4-5/h1-4,6H. The summed E-state index contributed by atoms with van der Waals surface area (Å²) < 4.78 is 28.9. The highest BCUT2D eigenvalue weighted by molar-refractivity contribution is 5.49. The van der Waals surface area contributed by atoms with E-state index in [0.717, 1.165) is 0 Å². The molecule has 0 amide bonds. The normalized spacial score (nSPS) is 10.8. The van der Waals surface area contributed by atoms with Gasteiger partial charge < -0.3 is 4.42 Å². The maximum absolute atomic E-state index is 12.1. The number of aromatic nitrogens is 3. The Hall–Kier alpha value is -1.85. The molecule has 6 heteroatoms. The summed E-state index contributed by atoms with van der Waals surface area (Å²) in [4.78, 5) is 3.80. The topological polar surface area (TPSA) is 51.8 Å². The smallest absolute Gasteiger partial charge is 0.314 e. The molecule has 4 nitrogen and oxygen atoms in total. The molecular weight excluding hydrogens is 192 g/mol. The van der Waals surface area contributed by atoms with Gasteiger partial charge in [0.05, 0.1) is 5.56 Å². The Bertz CT molecular complexity index is 416. The third kappa shape index (κ3) is 1.59. The van der Waals surface area contributed by atoms with Crippen molar-refractivity contribution in [1.82, 2.24) is 15.2 Å². The third-order valence-electron chi connectivity index (χ3n) is 1.54. The summed E-state index contributed by atoms with van der Waals surface area (Å²) in [6.07, 6.45) is 0.282. The molecular formula is C8H5F2N3O. The molecule has 2 aromatic rings. The zero-order valence-electron chi connectivity index (χ0n) is 6.89. The molecule has 2 heterocycles. The second-order valence-corrected chi connectivity index (χ2v) is 2.49. The van der Waals surface area contributed by atoms with E-state index in [1.165, 1.54) is 6.20 Å². The highest BCUT2D eigenvalue weighted by Crippen LogP contribution is 2.21. The molecule has 2 aromatic heterocycles. The van der Waals surface area contributed by atoms with Crippen molar-refractivity contribution in [2.75, 3.05) is 0 Å². The van der Waals surface area contributed by atoms with Gasteiger partial charge in [-0.3, -0.25) is 4.98 Å². The maximum Gasteiger partial charge on any atom is 0.314 e. The molecule has 0 bridgehead atoms. The van der Waals surface area contributed by atoms with Gasteiger partial charge in [-0.25, -0.2) is 0 Å². The zero-order chi connectivity index (χ0) is 9.97. The number of nitrogens with zero attached hydrogens (tertiary/aromatic N) is 3. The van der Waals surface area contributed by atoms with Crippen LogP contribution in [0.1, 0.15) is 12.3 Å². The van der Waals surface area contributed by atoms with Crippen molar-refractivity contribution in [3.63, 3.8) is 0 Å². The molecule has 0 spiro atoms. The van der Waals surface area contributed by atoms with Crippen molar-refractivity contribution >= 4 is 0 Å². The van der Waals surface area contributed by atoms with Crippen LogP contribution in [-0.2, 0) is 0 Å². The van der Waals surface area contributed by atoms with Crippen LogP contribution in [0.2, 0.25) is 0 Å². The van der Waals surface area contributed by atoms with Crippen LogP contribution in [0.25, 0.3) is 11.5 Å². The van der Waals surface area contributed by atoms with Crippen LogP contribution in [0, 0.1) is 0 Å². The fraction of sp³-hybridized carbons (Fsp3) is 0.125. The van der Waals surface area contributed by atoms with E-state index in [1.807, 2.05) is 0 Å². The maximum atomic E-state index is 12.1. The number of rotatable bonds is 2. The fourth-order valence-electron chi connectivity index (χ4n) is 0.929. The minimum Gasteiger partial charge on any atom is -0.415 e. The Balaban J connectivity index is 2.34. The first-order chi connectivity index (χ1) is 6.77. The Morgan fingerprint density at radius 1 is 1.29 bits per heavy atom. The van der Waals surface area contributed by atoms with Gasteiger partial charge in [-0.05, 0) is 12.1 Å². The summed E-state index contributed by atoms with van der Waals surface area (Å²) in [5, 5.41) is 6.67. The van der Waals surface area contributed by atoms with Crippen molar-refractivity contribution < 1.29 is 13.2 Å². The molecule has 0 aliphatic rings. The average molecular weight is 197 g/mol. The van der Waals surface area contributed by atoms with Gasteiger partial charge in [0.15, 0.2) is 0 Å². The molecule has 0 N–H and O–H groups in total. The zero-order valence-corrected chi connectivity index (χ0v) is 6.89. The summed E-state index contributed by atoms with van der Waals surface area (Å²) in [5.74, 6) is -0.628. The monoisotopic (exact) mass is 197 g/mol. The lowest BCUT2D eigenvalue weighted by atomic mass is 10.3. The first-order valence-electron chi connectivity index (χ1n) is 3.79. The molecule has 0 saturated heterocycles. The van der Waals surface area contributed by atoms with Gasteiger partial charge in [0, 0.05) is 12.4 Å². The van der Waals surface area contributed by atoms with Gasteiger partial charge >= 0.3 is 6.43 Å². The van der Waals surface area contributed by atoms with Crippen molar-refractivity contribution in [1.29, 1.82) is 0 Å². The Kier molecular flexibility index (Phi) is 2.18. The molecule has 0 atom stereocenters. The minimum absolute atomic E-state index is 0.0494. The number of hydrogen-bond donors (Lipinski definition) is 0. The molecule has 0 aliphatic carbocycles. The molecule has 72 valence electrons. The second kappa shape index (κ2) is 3.49. The lowest BCUT2D eigenvalue weighted by Crippen LogP contribution is -1.81. The lowest BCUT2D eigenvalue weighted by Gasteiger charge is -1.91. The second-order valence-electron chi connectivity index (χ2n) is 2.49. The lowest BCUT2D eigenvalue weighted by molar-refractivity contribution is 0.116. The van der Waals surface area contributed by atoms with Crippen LogP contribution in [0.5, 0.6) is 0 Å². The number of alkyl halides is 2. The van der Waals surface area contributed by atoms with E-state index in [0.29, 0.717) is 5.56 Å². The van der Waals surface area contributed by atoms with Crippen molar-refractivity contribution in [2.45, 2.75) is 6.43 Å². The van der Waals surface area contributed by atoms with Gasteiger partial charge in [-0.2, -0.15) is 8.78 Å². The molecule has 14 heavy (non-hydrogen) atoms. The van der Waals surface area contributed by atoms with E-state index in [9.17, 15) is 8.78 Å². The Morgan fingerprint density at radius 2 is 2.14 bits per heavy atom. The van der Waals surface area contributed by atoms with Crippen molar-refractivity contribution in [3.05, 3.63) is 30.4 Å².